The molecule has 1 aliphatic rings. The van der Waals surface area contributed by atoms with E-state index in [1.54, 1.807) is 20.3 Å². The Morgan fingerprint density at radius 1 is 1.28 bits per heavy atom. The van der Waals surface area contributed by atoms with E-state index in [4.69, 9.17) is 14.2 Å². The Kier molecular flexibility index (Phi) is 6.33. The molecule has 136 valence electrons. The SMILES string of the molecule is C=CC1=C(Cc2cc(OC)c(OC)cc2Br)CCCC1(C)C(=O)OC. The zero-order valence-corrected chi connectivity index (χ0v) is 16.9. The van der Waals surface area contributed by atoms with E-state index >= 15 is 0 Å². The molecular weight excluding hydrogens is 384 g/mol. The molecule has 0 amide bonds. The van der Waals surface area contributed by atoms with Crippen molar-refractivity contribution in [3.8, 4) is 11.5 Å². The minimum Gasteiger partial charge on any atom is -0.493 e. The maximum atomic E-state index is 12.4. The first-order valence-electron chi connectivity index (χ1n) is 8.25. The number of hydrogen-bond donors (Lipinski definition) is 0. The number of rotatable bonds is 6. The van der Waals surface area contributed by atoms with Crippen molar-refractivity contribution in [2.75, 3.05) is 21.3 Å². The molecule has 25 heavy (non-hydrogen) atoms. The highest BCUT2D eigenvalue weighted by Gasteiger charge is 2.40. The minimum atomic E-state index is -0.632. The number of carbonyl (C=O) groups is 1. The van der Waals surface area contributed by atoms with Crippen LogP contribution in [-0.4, -0.2) is 27.3 Å². The highest BCUT2D eigenvalue weighted by Crippen LogP contribution is 2.44. The molecule has 1 aliphatic carbocycles. The summed E-state index contributed by atoms with van der Waals surface area (Å²) in [5, 5.41) is 0. The van der Waals surface area contributed by atoms with Crippen LogP contribution in [0.15, 0.2) is 40.4 Å². The lowest BCUT2D eigenvalue weighted by Gasteiger charge is -2.34. The molecule has 2 rings (SSSR count). The van der Waals surface area contributed by atoms with Crippen molar-refractivity contribution >= 4 is 21.9 Å². The van der Waals surface area contributed by atoms with Gasteiger partial charge in [-0.05, 0) is 55.9 Å². The van der Waals surface area contributed by atoms with Gasteiger partial charge in [-0.1, -0.05) is 34.2 Å². The molecule has 4 nitrogen and oxygen atoms in total. The Hall–Kier alpha value is -1.75. The molecule has 1 aromatic carbocycles. The molecule has 0 aliphatic heterocycles. The molecule has 0 aromatic heterocycles. The van der Waals surface area contributed by atoms with E-state index in [-0.39, 0.29) is 5.97 Å². The van der Waals surface area contributed by atoms with Crippen LogP contribution in [-0.2, 0) is 16.0 Å². The number of carbonyl (C=O) groups excluding carboxylic acids is 1. The predicted octanol–water partition coefficient (Wildman–Crippen LogP) is 4.85. The van der Waals surface area contributed by atoms with Crippen LogP contribution in [0.3, 0.4) is 0 Å². The van der Waals surface area contributed by atoms with Crippen LogP contribution in [0.4, 0.5) is 0 Å². The van der Waals surface area contributed by atoms with Gasteiger partial charge in [0.15, 0.2) is 11.5 Å². The summed E-state index contributed by atoms with van der Waals surface area (Å²) >= 11 is 3.62. The third kappa shape index (κ3) is 3.76. The molecule has 0 radical (unpaired) electrons. The monoisotopic (exact) mass is 408 g/mol. The van der Waals surface area contributed by atoms with Crippen molar-refractivity contribution < 1.29 is 19.0 Å². The van der Waals surface area contributed by atoms with E-state index < -0.39 is 5.41 Å². The van der Waals surface area contributed by atoms with Crippen molar-refractivity contribution in [2.24, 2.45) is 5.41 Å². The van der Waals surface area contributed by atoms with E-state index in [9.17, 15) is 4.79 Å². The first kappa shape index (κ1) is 19.6. The average molecular weight is 409 g/mol. The summed E-state index contributed by atoms with van der Waals surface area (Å²) in [6.45, 7) is 5.89. The topological polar surface area (TPSA) is 44.8 Å². The van der Waals surface area contributed by atoms with E-state index in [1.165, 1.54) is 12.7 Å². The summed E-state index contributed by atoms with van der Waals surface area (Å²) in [6, 6.07) is 3.88. The van der Waals surface area contributed by atoms with Crippen molar-refractivity contribution in [1.29, 1.82) is 0 Å². The van der Waals surface area contributed by atoms with Gasteiger partial charge in [-0.25, -0.2) is 0 Å². The highest BCUT2D eigenvalue weighted by atomic mass is 79.9. The van der Waals surface area contributed by atoms with Crippen LogP contribution >= 0.6 is 15.9 Å². The Balaban J connectivity index is 2.47. The summed E-state index contributed by atoms with van der Waals surface area (Å²) in [5.74, 6) is 1.16. The van der Waals surface area contributed by atoms with Crippen LogP contribution < -0.4 is 9.47 Å². The molecule has 0 fully saturated rings. The number of ether oxygens (including phenoxy) is 3. The van der Waals surface area contributed by atoms with Gasteiger partial charge < -0.3 is 14.2 Å². The van der Waals surface area contributed by atoms with E-state index in [2.05, 4.69) is 22.5 Å². The number of hydrogen-bond acceptors (Lipinski definition) is 4. The number of esters is 1. The largest absolute Gasteiger partial charge is 0.493 e. The molecule has 0 heterocycles. The Morgan fingerprint density at radius 3 is 2.48 bits per heavy atom. The lowest BCUT2D eigenvalue weighted by Crippen LogP contribution is -2.34. The third-order valence-corrected chi connectivity index (χ3v) is 5.67. The zero-order valence-electron chi connectivity index (χ0n) is 15.3. The second-order valence-electron chi connectivity index (χ2n) is 6.37. The molecule has 0 saturated heterocycles. The predicted molar refractivity (Wildman–Crippen MR) is 102 cm³/mol. The van der Waals surface area contributed by atoms with Crippen LogP contribution in [0.5, 0.6) is 11.5 Å². The standard InChI is InChI=1S/C20H25BrO4/c1-6-15-13(8-7-9-20(15,2)19(22)25-5)10-14-11-17(23-3)18(24-4)12-16(14)21/h6,11-12H,1,7-10H2,2-5H3. The minimum absolute atomic E-state index is 0.203. The average Bonchev–Trinajstić information content (AvgIpc) is 2.62. The molecule has 0 N–H and O–H groups in total. The number of benzene rings is 1. The van der Waals surface area contributed by atoms with E-state index in [0.717, 1.165) is 41.3 Å². The second kappa shape index (κ2) is 8.09. The summed E-state index contributed by atoms with van der Waals surface area (Å²) in [4.78, 5) is 12.4. The molecule has 1 aromatic rings. The van der Waals surface area contributed by atoms with Crippen molar-refractivity contribution in [1.82, 2.24) is 0 Å². The summed E-state index contributed by atoms with van der Waals surface area (Å²) in [7, 11) is 4.68. The summed E-state index contributed by atoms with van der Waals surface area (Å²) in [5.41, 5.74) is 2.64. The number of allylic oxidation sites excluding steroid dienone is 2. The summed E-state index contributed by atoms with van der Waals surface area (Å²) in [6.07, 6.45) is 5.19. The molecular formula is C20H25BrO4. The smallest absolute Gasteiger partial charge is 0.315 e. The fourth-order valence-corrected chi connectivity index (χ4v) is 4.03. The van der Waals surface area contributed by atoms with Gasteiger partial charge in [0.2, 0.25) is 0 Å². The first-order chi connectivity index (χ1) is 11.9. The first-order valence-corrected chi connectivity index (χ1v) is 9.04. The number of methoxy groups -OCH3 is 3. The normalized spacial score (nSPS) is 20.2. The number of halogens is 1. The zero-order chi connectivity index (χ0) is 18.6. The van der Waals surface area contributed by atoms with Crippen molar-refractivity contribution in [3.63, 3.8) is 0 Å². The molecule has 0 spiro atoms. The lowest BCUT2D eigenvalue weighted by molar-refractivity contribution is -0.150. The maximum Gasteiger partial charge on any atom is 0.315 e. The van der Waals surface area contributed by atoms with E-state index in [0.29, 0.717) is 11.5 Å². The molecule has 5 heteroatoms. The van der Waals surface area contributed by atoms with Gasteiger partial charge in [-0.15, -0.1) is 0 Å². The maximum absolute atomic E-state index is 12.4. The second-order valence-corrected chi connectivity index (χ2v) is 7.23. The van der Waals surface area contributed by atoms with Crippen molar-refractivity contribution in [3.05, 3.63) is 46.0 Å². The van der Waals surface area contributed by atoms with Gasteiger partial charge in [-0.2, -0.15) is 0 Å². The van der Waals surface area contributed by atoms with E-state index in [1.807, 2.05) is 19.1 Å². The summed E-state index contributed by atoms with van der Waals surface area (Å²) < 4.78 is 16.8. The van der Waals surface area contributed by atoms with Gasteiger partial charge in [0.1, 0.15) is 0 Å². The quantitative estimate of drug-likeness (QED) is 0.630. The van der Waals surface area contributed by atoms with Crippen LogP contribution in [0, 0.1) is 5.41 Å². The Morgan fingerprint density at radius 2 is 1.92 bits per heavy atom. The van der Waals surface area contributed by atoms with Gasteiger partial charge in [0.05, 0.1) is 26.7 Å². The van der Waals surface area contributed by atoms with Crippen molar-refractivity contribution in [2.45, 2.75) is 32.6 Å². The lowest BCUT2D eigenvalue weighted by atomic mass is 9.70. The molecule has 1 atom stereocenters. The van der Waals surface area contributed by atoms with Crippen LogP contribution in [0.1, 0.15) is 31.7 Å². The Bertz CT molecular complexity index is 708. The van der Waals surface area contributed by atoms with Crippen LogP contribution in [0.2, 0.25) is 0 Å². The molecule has 0 saturated carbocycles. The highest BCUT2D eigenvalue weighted by molar-refractivity contribution is 9.10. The fourth-order valence-electron chi connectivity index (χ4n) is 3.57. The van der Waals surface area contributed by atoms with Gasteiger partial charge in [0.25, 0.3) is 0 Å². The Labute approximate surface area is 158 Å². The molecule has 1 unspecified atom stereocenters. The van der Waals surface area contributed by atoms with Gasteiger partial charge >= 0.3 is 5.97 Å². The van der Waals surface area contributed by atoms with Gasteiger partial charge in [0, 0.05) is 4.47 Å². The van der Waals surface area contributed by atoms with Crippen LogP contribution in [0.25, 0.3) is 0 Å². The van der Waals surface area contributed by atoms with Gasteiger partial charge in [-0.3, -0.25) is 4.79 Å². The third-order valence-electron chi connectivity index (χ3n) is 4.93. The molecule has 0 bridgehead atoms. The fraction of sp³-hybridized carbons (Fsp3) is 0.450.